The second-order valence-electron chi connectivity index (χ2n) is 9.42. The molecule has 2 aliphatic rings. The van der Waals surface area contributed by atoms with Crippen LogP contribution < -0.4 is 10.2 Å². The zero-order valence-electron chi connectivity index (χ0n) is 18.3. The van der Waals surface area contributed by atoms with E-state index in [9.17, 15) is 5.11 Å². The number of fused-ring (bicyclic) bond motifs is 2. The van der Waals surface area contributed by atoms with Gasteiger partial charge in [0.2, 0.25) is 0 Å². The Morgan fingerprint density at radius 3 is 2.53 bits per heavy atom. The van der Waals surface area contributed by atoms with Gasteiger partial charge in [-0.05, 0) is 51.7 Å². The van der Waals surface area contributed by atoms with Gasteiger partial charge >= 0.3 is 0 Å². The Kier molecular flexibility index (Phi) is 4.60. The Bertz CT molecular complexity index is 1180. The lowest BCUT2D eigenvalue weighted by molar-refractivity contribution is 0.207. The van der Waals surface area contributed by atoms with E-state index in [-0.39, 0.29) is 22.5 Å². The summed E-state index contributed by atoms with van der Waals surface area (Å²) in [5, 5.41) is 39.5. The number of nitrogens with zero attached hydrogens (tertiary/aromatic N) is 8. The first-order valence-corrected chi connectivity index (χ1v) is 10.7. The number of benzene rings is 1. The summed E-state index contributed by atoms with van der Waals surface area (Å²) in [5.74, 6) is 1.05. The van der Waals surface area contributed by atoms with E-state index in [0.717, 1.165) is 18.7 Å². The van der Waals surface area contributed by atoms with E-state index < -0.39 is 0 Å². The van der Waals surface area contributed by atoms with Crippen LogP contribution in [0.5, 0.6) is 5.75 Å². The smallest absolute Gasteiger partial charge is 0.185 e. The highest BCUT2D eigenvalue weighted by molar-refractivity contribution is 5.66. The largest absolute Gasteiger partial charge is 0.507 e. The van der Waals surface area contributed by atoms with Gasteiger partial charge in [-0.1, -0.05) is 5.21 Å². The molecule has 2 N–H and O–H groups in total. The van der Waals surface area contributed by atoms with Crippen LogP contribution in [0.1, 0.15) is 45.2 Å². The SMILES string of the molecule is CN(c1cnc(-c2ccc(-n3cc(C#N)nn3)cc2O)nn1)C1C[C@]2(C)CC[C@](C)(C1)N2. The maximum Gasteiger partial charge on any atom is 0.185 e. The first kappa shape index (κ1) is 20.3. The van der Waals surface area contributed by atoms with Crippen LogP contribution in [0, 0.1) is 11.3 Å². The first-order valence-electron chi connectivity index (χ1n) is 10.7. The Morgan fingerprint density at radius 1 is 1.19 bits per heavy atom. The summed E-state index contributed by atoms with van der Waals surface area (Å²) < 4.78 is 1.42. The van der Waals surface area contributed by atoms with Gasteiger partial charge in [0.15, 0.2) is 17.3 Å². The molecule has 2 saturated heterocycles. The van der Waals surface area contributed by atoms with Crippen molar-refractivity contribution in [2.24, 2.45) is 0 Å². The van der Waals surface area contributed by atoms with E-state index in [1.54, 1.807) is 18.3 Å². The second kappa shape index (κ2) is 7.24. The molecule has 1 aromatic carbocycles. The number of anilines is 1. The molecule has 0 radical (unpaired) electrons. The first-order chi connectivity index (χ1) is 15.3. The fourth-order valence-corrected chi connectivity index (χ4v) is 5.13. The van der Waals surface area contributed by atoms with E-state index in [4.69, 9.17) is 5.26 Å². The molecule has 2 aromatic heterocycles. The fraction of sp³-hybridized carbons (Fsp3) is 0.455. The van der Waals surface area contributed by atoms with E-state index in [0.29, 0.717) is 23.1 Å². The standard InChI is InChI=1S/C22H25N9O/c1-21-6-7-22(2,28-21)10-16(9-21)30(3)19-12-24-20(27-26-19)17-5-4-15(8-18(17)32)31-13-14(11-23)25-29-31/h4-5,8,12-13,16,28,32H,6-7,9-10H2,1-3H3/t16?,21-,22+. The van der Waals surface area contributed by atoms with Crippen molar-refractivity contribution in [3.63, 3.8) is 0 Å². The number of phenolic OH excluding ortho intramolecular Hbond substituents is 1. The predicted molar refractivity (Wildman–Crippen MR) is 117 cm³/mol. The number of hydrogen-bond acceptors (Lipinski definition) is 9. The highest BCUT2D eigenvalue weighted by Gasteiger charge is 2.49. The van der Waals surface area contributed by atoms with Crippen LogP contribution in [-0.4, -0.2) is 59.4 Å². The summed E-state index contributed by atoms with van der Waals surface area (Å²) in [6, 6.07) is 7.27. The van der Waals surface area contributed by atoms with Gasteiger partial charge in [0.05, 0.1) is 23.6 Å². The number of nitriles is 1. The highest BCUT2D eigenvalue weighted by Crippen LogP contribution is 2.43. The molecule has 4 heterocycles. The van der Waals surface area contributed by atoms with Crippen molar-refractivity contribution >= 4 is 5.82 Å². The van der Waals surface area contributed by atoms with Gasteiger partial charge in [-0.3, -0.25) is 0 Å². The van der Waals surface area contributed by atoms with Gasteiger partial charge in [0.1, 0.15) is 11.8 Å². The third-order valence-electron chi connectivity index (χ3n) is 6.76. The second-order valence-corrected chi connectivity index (χ2v) is 9.42. The van der Waals surface area contributed by atoms with E-state index in [1.165, 1.54) is 29.8 Å². The number of rotatable bonds is 4. The molecule has 164 valence electrons. The Hall–Kier alpha value is -3.58. The number of piperidine rings is 1. The van der Waals surface area contributed by atoms with Gasteiger partial charge in [0.25, 0.3) is 0 Å². The molecule has 2 aliphatic heterocycles. The Balaban J connectivity index is 1.35. The molecule has 32 heavy (non-hydrogen) atoms. The molecule has 10 heteroatoms. The zero-order chi connectivity index (χ0) is 22.5. The van der Waals surface area contributed by atoms with Crippen LogP contribution in [0.4, 0.5) is 5.82 Å². The molecule has 0 spiro atoms. The van der Waals surface area contributed by atoms with Gasteiger partial charge < -0.3 is 15.3 Å². The molecule has 5 rings (SSSR count). The molecule has 2 fully saturated rings. The maximum absolute atomic E-state index is 10.5. The van der Waals surface area contributed by atoms with Crippen molar-refractivity contribution in [1.82, 2.24) is 35.5 Å². The average molecular weight is 432 g/mol. The number of aromatic hydroxyl groups is 1. The van der Waals surface area contributed by atoms with Crippen molar-refractivity contribution in [2.75, 3.05) is 11.9 Å². The Morgan fingerprint density at radius 2 is 1.94 bits per heavy atom. The Labute approximate surface area is 185 Å². The van der Waals surface area contributed by atoms with Crippen LogP contribution in [0.2, 0.25) is 0 Å². The number of nitrogens with one attached hydrogen (secondary N) is 1. The maximum atomic E-state index is 10.5. The van der Waals surface area contributed by atoms with Crippen LogP contribution in [0.3, 0.4) is 0 Å². The third kappa shape index (κ3) is 3.54. The average Bonchev–Trinajstić information content (AvgIpc) is 3.34. The molecule has 2 bridgehead atoms. The van der Waals surface area contributed by atoms with Crippen LogP contribution in [0.15, 0.2) is 30.6 Å². The van der Waals surface area contributed by atoms with Gasteiger partial charge in [-0.2, -0.15) is 5.26 Å². The minimum absolute atomic E-state index is 0.00445. The van der Waals surface area contributed by atoms with Crippen LogP contribution in [0.25, 0.3) is 17.1 Å². The van der Waals surface area contributed by atoms with Crippen LogP contribution >= 0.6 is 0 Å². The van der Waals surface area contributed by atoms with Gasteiger partial charge in [0, 0.05) is 30.2 Å². The summed E-state index contributed by atoms with van der Waals surface area (Å²) in [6.07, 6.45) is 7.70. The number of phenols is 1. The van der Waals surface area contributed by atoms with E-state index in [1.807, 2.05) is 13.1 Å². The summed E-state index contributed by atoms with van der Waals surface area (Å²) in [6.45, 7) is 4.61. The van der Waals surface area contributed by atoms with Crippen LogP contribution in [-0.2, 0) is 0 Å². The lowest BCUT2D eigenvalue weighted by Crippen LogP contribution is -2.58. The molecule has 0 saturated carbocycles. The molecule has 3 atom stereocenters. The molecule has 1 unspecified atom stereocenters. The summed E-state index contributed by atoms with van der Waals surface area (Å²) in [5.41, 5.74) is 1.57. The molecule has 3 aromatic rings. The molecule has 10 nitrogen and oxygen atoms in total. The summed E-state index contributed by atoms with van der Waals surface area (Å²) >= 11 is 0. The molecular formula is C22H25N9O. The normalized spacial score (nSPS) is 26.6. The molecule has 0 amide bonds. The monoisotopic (exact) mass is 431 g/mol. The van der Waals surface area contributed by atoms with Gasteiger partial charge in [-0.15, -0.1) is 15.3 Å². The van der Waals surface area contributed by atoms with Crippen molar-refractivity contribution in [3.8, 4) is 28.9 Å². The highest BCUT2D eigenvalue weighted by atomic mass is 16.3. The van der Waals surface area contributed by atoms with E-state index in [2.05, 4.69) is 49.6 Å². The summed E-state index contributed by atoms with van der Waals surface area (Å²) in [7, 11) is 2.05. The number of aromatic nitrogens is 6. The number of hydrogen-bond donors (Lipinski definition) is 2. The van der Waals surface area contributed by atoms with Crippen molar-refractivity contribution in [1.29, 1.82) is 5.26 Å². The fourth-order valence-electron chi connectivity index (χ4n) is 5.13. The molecular weight excluding hydrogens is 406 g/mol. The van der Waals surface area contributed by atoms with Gasteiger partial charge in [-0.25, -0.2) is 9.67 Å². The van der Waals surface area contributed by atoms with Crippen molar-refractivity contribution in [2.45, 2.75) is 56.7 Å². The lowest BCUT2D eigenvalue weighted by atomic mass is 9.84. The summed E-state index contributed by atoms with van der Waals surface area (Å²) in [4.78, 5) is 6.64. The topological polar surface area (TPSA) is 129 Å². The zero-order valence-corrected chi connectivity index (χ0v) is 18.3. The van der Waals surface area contributed by atoms with E-state index >= 15 is 0 Å². The third-order valence-corrected chi connectivity index (χ3v) is 6.76. The lowest BCUT2D eigenvalue weighted by Gasteiger charge is -2.45. The molecule has 0 aliphatic carbocycles. The minimum Gasteiger partial charge on any atom is -0.507 e. The van der Waals surface area contributed by atoms with Crippen molar-refractivity contribution < 1.29 is 5.11 Å². The minimum atomic E-state index is -0.00445. The quantitative estimate of drug-likeness (QED) is 0.638. The predicted octanol–water partition coefficient (Wildman–Crippen LogP) is 2.20. The van der Waals surface area contributed by atoms with Crippen molar-refractivity contribution in [3.05, 3.63) is 36.3 Å².